The van der Waals surface area contributed by atoms with Crippen LogP contribution in [0, 0.1) is 0 Å². The number of hydrogen-bond donors (Lipinski definition) is 2. The zero-order chi connectivity index (χ0) is 20.6. The Morgan fingerprint density at radius 1 is 1.03 bits per heavy atom. The number of rotatable bonds is 3. The molecule has 0 spiro atoms. The van der Waals surface area contributed by atoms with Crippen molar-refractivity contribution in [2.45, 2.75) is 12.5 Å². The van der Waals surface area contributed by atoms with Gasteiger partial charge in [-0.2, -0.15) is 0 Å². The van der Waals surface area contributed by atoms with Gasteiger partial charge in [-0.3, -0.25) is 15.4 Å². The van der Waals surface area contributed by atoms with Crippen molar-refractivity contribution in [3.63, 3.8) is 0 Å². The number of nitrogens with zero attached hydrogens (tertiary/aromatic N) is 4. The molecule has 0 bridgehead atoms. The number of morpholine rings is 1. The van der Waals surface area contributed by atoms with Gasteiger partial charge in [0.2, 0.25) is 0 Å². The first-order chi connectivity index (χ1) is 15.4. The topological polar surface area (TPSA) is 75.2 Å². The number of benzene rings is 1. The fourth-order valence-electron chi connectivity index (χ4n) is 4.51. The zero-order valence-electron chi connectivity index (χ0n) is 17.2. The highest BCUT2D eigenvalue weighted by atomic mass is 16.5. The van der Waals surface area contributed by atoms with Crippen LogP contribution in [-0.4, -0.2) is 47.8 Å². The van der Waals surface area contributed by atoms with E-state index in [1.807, 2.05) is 24.5 Å². The molecule has 0 saturated carbocycles. The average molecular weight is 412 g/mol. The van der Waals surface area contributed by atoms with Crippen molar-refractivity contribution in [3.8, 4) is 11.1 Å². The van der Waals surface area contributed by atoms with E-state index in [1.165, 1.54) is 0 Å². The number of hydrogen-bond acceptors (Lipinski definition) is 7. The van der Waals surface area contributed by atoms with Gasteiger partial charge in [0.25, 0.3) is 0 Å². The first-order valence-electron chi connectivity index (χ1n) is 10.8. The van der Waals surface area contributed by atoms with E-state index in [1.54, 1.807) is 0 Å². The Morgan fingerprint density at radius 2 is 1.94 bits per heavy atom. The Balaban J connectivity index is 1.58. The molecule has 1 unspecified atom stereocenters. The summed E-state index contributed by atoms with van der Waals surface area (Å²) in [5, 5.41) is 2.24. The summed E-state index contributed by atoms with van der Waals surface area (Å²) in [7, 11) is 0. The van der Waals surface area contributed by atoms with Gasteiger partial charge in [-0.25, -0.2) is 10.4 Å². The van der Waals surface area contributed by atoms with Crippen LogP contribution >= 0.6 is 0 Å². The predicted molar refractivity (Wildman–Crippen MR) is 122 cm³/mol. The summed E-state index contributed by atoms with van der Waals surface area (Å²) in [6.45, 7) is 4.05. The van der Waals surface area contributed by atoms with E-state index in [2.05, 4.69) is 46.1 Å². The molecule has 2 aliphatic rings. The van der Waals surface area contributed by atoms with Gasteiger partial charge in [0.05, 0.1) is 36.0 Å². The van der Waals surface area contributed by atoms with Crippen LogP contribution in [0.5, 0.6) is 0 Å². The molecule has 3 aromatic heterocycles. The number of para-hydroxylation sites is 1. The number of pyridine rings is 3. The number of nitrogens with one attached hydrogen (secondary N) is 2. The monoisotopic (exact) mass is 412 g/mol. The summed E-state index contributed by atoms with van der Waals surface area (Å²) < 4.78 is 5.57. The SMILES string of the molecule is c1ccc2ncc(-c3cc(N4CCOCC4)nc4c(C5CCNN5)nccc34)cc2c1. The molecule has 5 heterocycles. The van der Waals surface area contributed by atoms with Crippen molar-refractivity contribution in [1.82, 2.24) is 25.8 Å². The Hall–Kier alpha value is -3.13. The summed E-state index contributed by atoms with van der Waals surface area (Å²) in [5.74, 6) is 0.971. The lowest BCUT2D eigenvalue weighted by Crippen LogP contribution is -2.36. The van der Waals surface area contributed by atoms with Crippen LogP contribution in [0.3, 0.4) is 0 Å². The fourth-order valence-corrected chi connectivity index (χ4v) is 4.51. The molecule has 4 aromatic rings. The Bertz CT molecular complexity index is 1250. The predicted octanol–water partition coefficient (Wildman–Crippen LogP) is 3.22. The van der Waals surface area contributed by atoms with Crippen molar-refractivity contribution in [3.05, 3.63) is 60.6 Å². The van der Waals surface area contributed by atoms with Crippen LogP contribution in [0.4, 0.5) is 5.82 Å². The highest BCUT2D eigenvalue weighted by Gasteiger charge is 2.23. The number of ether oxygens (including phenoxy) is 1. The van der Waals surface area contributed by atoms with E-state index < -0.39 is 0 Å². The molecular weight excluding hydrogens is 388 g/mol. The van der Waals surface area contributed by atoms with Gasteiger partial charge < -0.3 is 9.64 Å². The number of aromatic nitrogens is 3. The third kappa shape index (κ3) is 3.40. The quantitative estimate of drug-likeness (QED) is 0.535. The van der Waals surface area contributed by atoms with Crippen LogP contribution in [0.15, 0.2) is 54.9 Å². The van der Waals surface area contributed by atoms with Crippen molar-refractivity contribution in [1.29, 1.82) is 0 Å². The normalized spacial score (nSPS) is 19.4. The Labute approximate surface area is 180 Å². The second kappa shape index (κ2) is 7.85. The van der Waals surface area contributed by atoms with Crippen LogP contribution < -0.4 is 15.8 Å². The minimum Gasteiger partial charge on any atom is -0.378 e. The number of fused-ring (bicyclic) bond motifs is 2. The lowest BCUT2D eigenvalue weighted by atomic mass is 9.99. The van der Waals surface area contributed by atoms with E-state index in [4.69, 9.17) is 19.7 Å². The summed E-state index contributed by atoms with van der Waals surface area (Å²) in [4.78, 5) is 16.9. The minimum absolute atomic E-state index is 0.152. The molecule has 2 fully saturated rings. The second-order valence-electron chi connectivity index (χ2n) is 8.05. The largest absolute Gasteiger partial charge is 0.378 e. The molecule has 0 amide bonds. The molecule has 1 aromatic carbocycles. The van der Waals surface area contributed by atoms with E-state index in [0.29, 0.717) is 0 Å². The molecule has 2 N–H and O–H groups in total. The number of anilines is 1. The maximum atomic E-state index is 5.57. The third-order valence-electron chi connectivity index (χ3n) is 6.14. The van der Waals surface area contributed by atoms with Gasteiger partial charge in [-0.1, -0.05) is 18.2 Å². The van der Waals surface area contributed by atoms with Gasteiger partial charge in [0.1, 0.15) is 5.82 Å². The van der Waals surface area contributed by atoms with E-state index in [0.717, 1.165) is 83.7 Å². The molecule has 0 aliphatic carbocycles. The first-order valence-corrected chi connectivity index (χ1v) is 10.8. The fraction of sp³-hybridized carbons (Fsp3) is 0.292. The molecule has 6 rings (SSSR count). The smallest absolute Gasteiger partial charge is 0.130 e. The molecular formula is C24H24N6O. The molecule has 2 saturated heterocycles. The molecule has 156 valence electrons. The van der Waals surface area contributed by atoms with Gasteiger partial charge in [-0.15, -0.1) is 0 Å². The molecule has 7 nitrogen and oxygen atoms in total. The average Bonchev–Trinajstić information content (AvgIpc) is 3.38. The van der Waals surface area contributed by atoms with Crippen LogP contribution in [0.2, 0.25) is 0 Å². The van der Waals surface area contributed by atoms with Crippen LogP contribution in [-0.2, 0) is 4.74 Å². The van der Waals surface area contributed by atoms with Gasteiger partial charge in [-0.05, 0) is 36.2 Å². The molecule has 1 atom stereocenters. The van der Waals surface area contributed by atoms with Gasteiger partial charge >= 0.3 is 0 Å². The van der Waals surface area contributed by atoms with E-state index in [9.17, 15) is 0 Å². The zero-order valence-corrected chi connectivity index (χ0v) is 17.2. The Kier molecular flexibility index (Phi) is 4.71. The van der Waals surface area contributed by atoms with E-state index >= 15 is 0 Å². The lowest BCUT2D eigenvalue weighted by Gasteiger charge is -2.29. The first kappa shape index (κ1) is 18.6. The number of hydrazine groups is 1. The van der Waals surface area contributed by atoms with Crippen molar-refractivity contribution < 1.29 is 4.74 Å². The Morgan fingerprint density at radius 3 is 2.81 bits per heavy atom. The molecule has 2 aliphatic heterocycles. The maximum absolute atomic E-state index is 5.57. The maximum Gasteiger partial charge on any atom is 0.130 e. The third-order valence-corrected chi connectivity index (χ3v) is 6.14. The van der Waals surface area contributed by atoms with Crippen molar-refractivity contribution in [2.75, 3.05) is 37.7 Å². The lowest BCUT2D eigenvalue weighted by molar-refractivity contribution is 0.122. The summed E-state index contributed by atoms with van der Waals surface area (Å²) >= 11 is 0. The molecule has 0 radical (unpaired) electrons. The minimum atomic E-state index is 0.152. The second-order valence-corrected chi connectivity index (χ2v) is 8.05. The highest BCUT2D eigenvalue weighted by molar-refractivity contribution is 5.98. The molecule has 7 heteroatoms. The standard InChI is InChI=1S/C24H24N6O/c1-2-4-20-16(3-1)13-17(15-26-20)19-14-22(30-9-11-31-12-10-30)28-23-18(19)5-7-25-24(23)21-6-8-27-29-21/h1-5,7,13-15,21,27,29H,6,8-12H2. The summed E-state index contributed by atoms with van der Waals surface area (Å²) in [6, 6.07) is 14.9. The van der Waals surface area contributed by atoms with E-state index in [-0.39, 0.29) is 6.04 Å². The van der Waals surface area contributed by atoms with Crippen LogP contribution in [0.25, 0.3) is 32.9 Å². The summed E-state index contributed by atoms with van der Waals surface area (Å²) in [5.41, 5.74) is 11.8. The highest BCUT2D eigenvalue weighted by Crippen LogP contribution is 2.35. The summed E-state index contributed by atoms with van der Waals surface area (Å²) in [6.07, 6.45) is 4.85. The van der Waals surface area contributed by atoms with Gasteiger partial charge in [0, 0.05) is 48.4 Å². The van der Waals surface area contributed by atoms with Crippen LogP contribution in [0.1, 0.15) is 18.2 Å². The van der Waals surface area contributed by atoms with Gasteiger partial charge in [0.15, 0.2) is 0 Å². The van der Waals surface area contributed by atoms with Crippen molar-refractivity contribution in [2.24, 2.45) is 0 Å². The van der Waals surface area contributed by atoms with Crippen molar-refractivity contribution >= 4 is 27.6 Å². The molecule has 31 heavy (non-hydrogen) atoms.